The molecule has 20 heavy (non-hydrogen) atoms. The van der Waals surface area contributed by atoms with Gasteiger partial charge in [-0.3, -0.25) is 0 Å². The van der Waals surface area contributed by atoms with Crippen LogP contribution in [0.25, 0.3) is 20.2 Å². The first kappa shape index (κ1) is 14.0. The van der Waals surface area contributed by atoms with Crippen molar-refractivity contribution in [2.24, 2.45) is 0 Å². The number of fused-ring (bicyclic) bond motifs is 3. The van der Waals surface area contributed by atoms with Crippen molar-refractivity contribution >= 4 is 47.4 Å². The molecular weight excluding hydrogens is 336 g/mol. The molecule has 0 aliphatic carbocycles. The van der Waals surface area contributed by atoms with Gasteiger partial charge in [-0.05, 0) is 30.2 Å². The average molecular weight is 351 g/mol. The normalized spacial score (nSPS) is 14.8. The Balaban J connectivity index is 2.07. The SMILES string of the molecule is OC(CCBr)C(O)c1ccc2sc3ccccc3c2c1. The number of rotatable bonds is 4. The van der Waals surface area contributed by atoms with Crippen molar-refractivity contribution in [2.75, 3.05) is 5.33 Å². The molecule has 4 heteroatoms. The summed E-state index contributed by atoms with van der Waals surface area (Å²) in [6.45, 7) is 0. The summed E-state index contributed by atoms with van der Waals surface area (Å²) < 4.78 is 2.45. The van der Waals surface area contributed by atoms with Crippen LogP contribution in [0, 0.1) is 0 Å². The largest absolute Gasteiger partial charge is 0.390 e. The van der Waals surface area contributed by atoms with Crippen molar-refractivity contribution in [3.05, 3.63) is 48.0 Å². The Kier molecular flexibility index (Phi) is 4.08. The van der Waals surface area contributed by atoms with Gasteiger partial charge in [-0.2, -0.15) is 0 Å². The van der Waals surface area contributed by atoms with Crippen LogP contribution in [-0.2, 0) is 0 Å². The van der Waals surface area contributed by atoms with Gasteiger partial charge in [-0.1, -0.05) is 40.2 Å². The Morgan fingerprint density at radius 3 is 2.55 bits per heavy atom. The molecule has 1 heterocycles. The highest BCUT2D eigenvalue weighted by Crippen LogP contribution is 2.35. The fourth-order valence-corrected chi connectivity index (χ4v) is 3.97. The standard InChI is InChI=1S/C16H15BrO2S/c17-8-7-13(18)16(19)10-5-6-15-12(9-10)11-3-1-2-4-14(11)20-15/h1-6,9,13,16,18-19H,7-8H2. The first-order valence-electron chi connectivity index (χ1n) is 6.54. The third-order valence-electron chi connectivity index (χ3n) is 3.51. The number of aliphatic hydroxyl groups excluding tert-OH is 2. The molecule has 0 amide bonds. The zero-order valence-corrected chi connectivity index (χ0v) is 13.2. The van der Waals surface area contributed by atoms with E-state index in [2.05, 4.69) is 28.1 Å². The molecule has 0 saturated carbocycles. The Bertz CT molecular complexity index is 738. The minimum absolute atomic E-state index is 0.531. The van der Waals surface area contributed by atoms with E-state index in [4.69, 9.17) is 0 Å². The molecule has 0 radical (unpaired) electrons. The van der Waals surface area contributed by atoms with Gasteiger partial charge in [0.15, 0.2) is 0 Å². The van der Waals surface area contributed by atoms with Crippen molar-refractivity contribution in [3.8, 4) is 0 Å². The number of hydrogen-bond acceptors (Lipinski definition) is 3. The zero-order valence-electron chi connectivity index (χ0n) is 10.8. The molecule has 3 aromatic rings. The molecule has 2 N–H and O–H groups in total. The van der Waals surface area contributed by atoms with Crippen LogP contribution in [0.4, 0.5) is 0 Å². The van der Waals surface area contributed by atoms with Crippen LogP contribution in [0.15, 0.2) is 42.5 Å². The van der Waals surface area contributed by atoms with Crippen LogP contribution >= 0.6 is 27.3 Å². The number of thiophene rings is 1. The van der Waals surface area contributed by atoms with E-state index in [0.29, 0.717) is 11.8 Å². The van der Waals surface area contributed by atoms with Crippen molar-refractivity contribution in [1.29, 1.82) is 0 Å². The molecular formula is C16H15BrO2S. The number of hydrogen-bond donors (Lipinski definition) is 2. The zero-order chi connectivity index (χ0) is 14.1. The summed E-state index contributed by atoms with van der Waals surface area (Å²) in [7, 11) is 0. The maximum absolute atomic E-state index is 10.2. The molecule has 0 saturated heterocycles. The third-order valence-corrected chi connectivity index (χ3v) is 5.12. The molecule has 2 atom stereocenters. The van der Waals surface area contributed by atoms with Crippen LogP contribution < -0.4 is 0 Å². The van der Waals surface area contributed by atoms with Gasteiger partial charge in [0.1, 0.15) is 6.10 Å². The first-order valence-corrected chi connectivity index (χ1v) is 8.48. The monoisotopic (exact) mass is 350 g/mol. The lowest BCUT2D eigenvalue weighted by Gasteiger charge is -2.17. The lowest BCUT2D eigenvalue weighted by atomic mass is 10.0. The van der Waals surface area contributed by atoms with Crippen molar-refractivity contribution in [1.82, 2.24) is 0 Å². The number of halogens is 1. The van der Waals surface area contributed by atoms with Crippen molar-refractivity contribution in [2.45, 2.75) is 18.6 Å². The Morgan fingerprint density at radius 1 is 1.00 bits per heavy atom. The third kappa shape index (κ3) is 2.49. The fraction of sp³-hybridized carbons (Fsp3) is 0.250. The molecule has 1 aromatic heterocycles. The molecule has 0 bridgehead atoms. The highest BCUT2D eigenvalue weighted by molar-refractivity contribution is 9.09. The summed E-state index contributed by atoms with van der Waals surface area (Å²) in [6, 6.07) is 14.2. The first-order chi connectivity index (χ1) is 9.70. The van der Waals surface area contributed by atoms with Gasteiger partial charge in [0.2, 0.25) is 0 Å². The minimum Gasteiger partial charge on any atom is -0.390 e. The topological polar surface area (TPSA) is 40.5 Å². The Morgan fingerprint density at radius 2 is 1.75 bits per heavy atom. The summed E-state index contributed by atoms with van der Waals surface area (Å²) in [4.78, 5) is 0. The maximum Gasteiger partial charge on any atom is 0.105 e. The van der Waals surface area contributed by atoms with E-state index in [-0.39, 0.29) is 0 Å². The van der Waals surface area contributed by atoms with E-state index < -0.39 is 12.2 Å². The fourth-order valence-electron chi connectivity index (χ4n) is 2.42. The number of aliphatic hydroxyl groups is 2. The van der Waals surface area contributed by atoms with E-state index in [1.807, 2.05) is 30.3 Å². The van der Waals surface area contributed by atoms with Crippen molar-refractivity contribution < 1.29 is 10.2 Å². The highest BCUT2D eigenvalue weighted by Gasteiger charge is 2.18. The molecule has 2 aromatic carbocycles. The Labute approximate surface area is 129 Å². The van der Waals surface area contributed by atoms with Gasteiger partial charge < -0.3 is 10.2 Å². The molecule has 2 nitrogen and oxygen atoms in total. The molecule has 2 unspecified atom stereocenters. The smallest absolute Gasteiger partial charge is 0.105 e. The van der Waals surface area contributed by atoms with E-state index in [0.717, 1.165) is 10.9 Å². The molecule has 0 fully saturated rings. The summed E-state index contributed by atoms with van der Waals surface area (Å²) in [5, 5.41) is 23.2. The molecule has 104 valence electrons. The maximum atomic E-state index is 10.2. The van der Waals surface area contributed by atoms with E-state index in [1.165, 1.54) is 14.8 Å². The number of alkyl halides is 1. The quantitative estimate of drug-likeness (QED) is 0.691. The van der Waals surface area contributed by atoms with Crippen LogP contribution in [0.1, 0.15) is 18.1 Å². The van der Waals surface area contributed by atoms with Crippen LogP contribution in [0.3, 0.4) is 0 Å². The Hall–Kier alpha value is -0.940. The second-order valence-corrected chi connectivity index (χ2v) is 6.72. The predicted octanol–water partition coefficient (Wildman–Crippen LogP) is 4.23. The average Bonchev–Trinajstić information content (AvgIpc) is 2.84. The van der Waals surface area contributed by atoms with E-state index in [1.54, 1.807) is 11.3 Å². The second kappa shape index (κ2) is 5.82. The number of benzene rings is 2. The highest BCUT2D eigenvalue weighted by atomic mass is 79.9. The summed E-state index contributed by atoms with van der Waals surface area (Å²) in [6.07, 6.45) is -1.05. The minimum atomic E-state index is -0.837. The van der Waals surface area contributed by atoms with Crippen LogP contribution in [-0.4, -0.2) is 21.6 Å². The predicted molar refractivity (Wildman–Crippen MR) is 88.7 cm³/mol. The molecule has 0 aliphatic heterocycles. The molecule has 0 aliphatic rings. The van der Waals surface area contributed by atoms with E-state index in [9.17, 15) is 10.2 Å². The van der Waals surface area contributed by atoms with Gasteiger partial charge >= 0.3 is 0 Å². The molecule has 3 rings (SSSR count). The van der Waals surface area contributed by atoms with Crippen LogP contribution in [0.2, 0.25) is 0 Å². The second-order valence-electron chi connectivity index (χ2n) is 4.84. The van der Waals surface area contributed by atoms with E-state index >= 15 is 0 Å². The summed E-state index contributed by atoms with van der Waals surface area (Å²) in [5.74, 6) is 0. The van der Waals surface area contributed by atoms with Gasteiger partial charge in [0.05, 0.1) is 6.10 Å². The van der Waals surface area contributed by atoms with Crippen LogP contribution in [0.5, 0.6) is 0 Å². The van der Waals surface area contributed by atoms with Gasteiger partial charge in [-0.25, -0.2) is 0 Å². The van der Waals surface area contributed by atoms with Gasteiger partial charge in [-0.15, -0.1) is 11.3 Å². The summed E-state index contributed by atoms with van der Waals surface area (Å²) >= 11 is 5.04. The van der Waals surface area contributed by atoms with Gasteiger partial charge in [0.25, 0.3) is 0 Å². The van der Waals surface area contributed by atoms with Crippen molar-refractivity contribution in [3.63, 3.8) is 0 Å². The lowest BCUT2D eigenvalue weighted by Crippen LogP contribution is -2.18. The van der Waals surface area contributed by atoms with Gasteiger partial charge in [0, 0.05) is 25.5 Å². The molecule has 0 spiro atoms. The lowest BCUT2D eigenvalue weighted by molar-refractivity contribution is 0.0174. The summed E-state index contributed by atoms with van der Waals surface area (Å²) in [5.41, 5.74) is 0.773.